The second-order valence-corrected chi connectivity index (χ2v) is 8.87. The SMILES string of the molecule is CCN1CCN(C(=O)C[C@H](c2ccc(Cl)c(C(F)(F)F)c2)c2c[nH]c3ccc(OC)cc23)CC1. The number of amides is 1. The smallest absolute Gasteiger partial charge is 0.417 e. The summed E-state index contributed by atoms with van der Waals surface area (Å²) in [6.45, 7) is 5.79. The number of rotatable bonds is 6. The summed E-state index contributed by atoms with van der Waals surface area (Å²) in [6, 6.07) is 9.38. The number of piperazine rings is 1. The lowest BCUT2D eigenvalue weighted by atomic mass is 9.86. The molecule has 1 fully saturated rings. The maximum atomic E-state index is 13.6. The first-order chi connectivity index (χ1) is 16.2. The van der Waals surface area contributed by atoms with Crippen LogP contribution in [0.2, 0.25) is 5.02 Å². The minimum atomic E-state index is -4.60. The summed E-state index contributed by atoms with van der Waals surface area (Å²) in [7, 11) is 1.55. The van der Waals surface area contributed by atoms with E-state index in [0.717, 1.165) is 42.2 Å². The molecule has 1 aromatic heterocycles. The zero-order valence-corrected chi connectivity index (χ0v) is 19.8. The summed E-state index contributed by atoms with van der Waals surface area (Å²) in [5, 5.41) is 0.439. The number of H-pyrrole nitrogens is 1. The number of nitrogens with zero attached hydrogens (tertiary/aromatic N) is 2. The van der Waals surface area contributed by atoms with E-state index in [-0.39, 0.29) is 17.4 Å². The van der Waals surface area contributed by atoms with Crippen molar-refractivity contribution in [1.29, 1.82) is 0 Å². The van der Waals surface area contributed by atoms with Crippen molar-refractivity contribution in [3.05, 3.63) is 64.3 Å². The van der Waals surface area contributed by atoms with Gasteiger partial charge in [-0.1, -0.05) is 24.6 Å². The van der Waals surface area contributed by atoms with Crippen LogP contribution in [0, 0.1) is 0 Å². The lowest BCUT2D eigenvalue weighted by Gasteiger charge is -2.35. The molecule has 2 heterocycles. The molecular formula is C25H27ClF3N3O2. The Labute approximate surface area is 201 Å². The van der Waals surface area contributed by atoms with Gasteiger partial charge in [-0.05, 0) is 48.0 Å². The van der Waals surface area contributed by atoms with Crippen LogP contribution in [0.4, 0.5) is 13.2 Å². The van der Waals surface area contributed by atoms with Crippen LogP contribution in [0.5, 0.6) is 5.75 Å². The fourth-order valence-corrected chi connectivity index (χ4v) is 4.76. The van der Waals surface area contributed by atoms with Gasteiger partial charge in [0.15, 0.2) is 0 Å². The third-order valence-corrected chi connectivity index (χ3v) is 6.88. The van der Waals surface area contributed by atoms with Crippen molar-refractivity contribution in [2.45, 2.75) is 25.4 Å². The first kappa shape index (κ1) is 24.4. The van der Waals surface area contributed by atoms with E-state index in [1.807, 2.05) is 12.1 Å². The maximum Gasteiger partial charge on any atom is 0.417 e. The zero-order valence-electron chi connectivity index (χ0n) is 19.1. The number of carbonyl (C=O) groups excluding carboxylic acids is 1. The van der Waals surface area contributed by atoms with Crippen molar-refractivity contribution < 1.29 is 22.7 Å². The van der Waals surface area contributed by atoms with Crippen LogP contribution in [0.3, 0.4) is 0 Å². The molecule has 0 spiro atoms. The van der Waals surface area contributed by atoms with Gasteiger partial charge in [-0.25, -0.2) is 0 Å². The van der Waals surface area contributed by atoms with Crippen LogP contribution in [0.1, 0.15) is 36.0 Å². The van der Waals surface area contributed by atoms with Crippen molar-refractivity contribution in [1.82, 2.24) is 14.8 Å². The molecule has 0 bridgehead atoms. The predicted octanol–water partition coefficient (Wildman–Crippen LogP) is 5.53. The Morgan fingerprint density at radius 3 is 2.53 bits per heavy atom. The average Bonchev–Trinajstić information content (AvgIpc) is 3.25. The van der Waals surface area contributed by atoms with Crippen molar-refractivity contribution in [2.75, 3.05) is 39.8 Å². The van der Waals surface area contributed by atoms with Gasteiger partial charge in [0.05, 0.1) is 17.7 Å². The van der Waals surface area contributed by atoms with E-state index in [1.165, 1.54) is 6.07 Å². The van der Waals surface area contributed by atoms with Gasteiger partial charge < -0.3 is 19.5 Å². The Balaban J connectivity index is 1.74. The van der Waals surface area contributed by atoms with Crippen LogP contribution in [0.25, 0.3) is 10.9 Å². The predicted molar refractivity (Wildman–Crippen MR) is 126 cm³/mol. The number of aromatic nitrogens is 1. The summed E-state index contributed by atoms with van der Waals surface area (Å²) in [5.74, 6) is -0.0429. The second kappa shape index (κ2) is 9.88. The number of hydrogen-bond acceptors (Lipinski definition) is 3. The number of carbonyl (C=O) groups is 1. The van der Waals surface area contributed by atoms with E-state index >= 15 is 0 Å². The molecule has 0 aliphatic carbocycles. The fraction of sp³-hybridized carbons (Fsp3) is 0.400. The van der Waals surface area contributed by atoms with Gasteiger partial charge in [0.2, 0.25) is 5.91 Å². The lowest BCUT2D eigenvalue weighted by Crippen LogP contribution is -2.48. The molecule has 2 aromatic carbocycles. The minimum Gasteiger partial charge on any atom is -0.497 e. The Kier molecular flexibility index (Phi) is 7.09. The number of aromatic amines is 1. The molecule has 1 saturated heterocycles. The molecule has 1 N–H and O–H groups in total. The normalized spacial score (nSPS) is 16.1. The Morgan fingerprint density at radius 2 is 1.88 bits per heavy atom. The molecule has 5 nitrogen and oxygen atoms in total. The zero-order chi connectivity index (χ0) is 24.5. The standard InChI is InChI=1S/C25H27ClF3N3O2/c1-3-31-8-10-32(11-9-31)24(33)14-18(16-4-6-22(26)21(12-16)25(27,28)29)20-15-30-23-7-5-17(34-2)13-19(20)23/h4-7,12-13,15,18,30H,3,8-11,14H2,1-2H3/t18-/m1/s1. The van der Waals surface area contributed by atoms with Gasteiger partial charge in [0.1, 0.15) is 5.75 Å². The summed E-state index contributed by atoms with van der Waals surface area (Å²) in [4.78, 5) is 20.5. The van der Waals surface area contributed by atoms with E-state index in [0.29, 0.717) is 24.4 Å². The average molecular weight is 494 g/mol. The summed E-state index contributed by atoms with van der Waals surface area (Å²) in [5.41, 5.74) is 1.04. The molecule has 0 saturated carbocycles. The van der Waals surface area contributed by atoms with Crippen LogP contribution >= 0.6 is 11.6 Å². The molecule has 4 rings (SSSR count). The molecule has 182 valence electrons. The van der Waals surface area contributed by atoms with E-state index in [9.17, 15) is 18.0 Å². The Morgan fingerprint density at radius 1 is 1.15 bits per heavy atom. The molecule has 0 radical (unpaired) electrons. The number of methoxy groups -OCH3 is 1. The molecule has 34 heavy (non-hydrogen) atoms. The molecule has 0 unspecified atom stereocenters. The topological polar surface area (TPSA) is 48.6 Å². The van der Waals surface area contributed by atoms with Crippen molar-refractivity contribution in [3.63, 3.8) is 0 Å². The van der Waals surface area contributed by atoms with Crippen LogP contribution in [0.15, 0.2) is 42.6 Å². The molecular weight excluding hydrogens is 467 g/mol. The van der Waals surface area contributed by atoms with Crippen LogP contribution in [-0.2, 0) is 11.0 Å². The van der Waals surface area contributed by atoms with E-state index < -0.39 is 17.7 Å². The number of benzene rings is 2. The van der Waals surface area contributed by atoms with Crippen molar-refractivity contribution >= 4 is 28.4 Å². The van der Waals surface area contributed by atoms with Crippen molar-refractivity contribution in [2.24, 2.45) is 0 Å². The maximum absolute atomic E-state index is 13.6. The number of nitrogens with one attached hydrogen (secondary N) is 1. The highest BCUT2D eigenvalue weighted by molar-refractivity contribution is 6.31. The molecule has 1 aliphatic rings. The quantitative estimate of drug-likeness (QED) is 0.491. The van der Waals surface area contributed by atoms with Crippen LogP contribution < -0.4 is 4.74 Å². The lowest BCUT2D eigenvalue weighted by molar-refractivity contribution is -0.137. The highest BCUT2D eigenvalue weighted by atomic mass is 35.5. The number of fused-ring (bicyclic) bond motifs is 1. The van der Waals surface area contributed by atoms with Gasteiger partial charge in [0.25, 0.3) is 0 Å². The summed E-state index contributed by atoms with van der Waals surface area (Å²) in [6.07, 6.45) is -2.78. The fourth-order valence-electron chi connectivity index (χ4n) is 4.54. The third kappa shape index (κ3) is 5.03. The summed E-state index contributed by atoms with van der Waals surface area (Å²) >= 11 is 5.88. The van der Waals surface area contributed by atoms with E-state index in [2.05, 4.69) is 16.8 Å². The van der Waals surface area contributed by atoms with Crippen LogP contribution in [-0.4, -0.2) is 60.5 Å². The van der Waals surface area contributed by atoms with Gasteiger partial charge in [-0.3, -0.25) is 4.79 Å². The molecule has 3 aromatic rings. The van der Waals surface area contributed by atoms with E-state index in [4.69, 9.17) is 16.3 Å². The monoisotopic (exact) mass is 493 g/mol. The van der Waals surface area contributed by atoms with Gasteiger partial charge in [-0.15, -0.1) is 0 Å². The number of ether oxygens (including phenoxy) is 1. The minimum absolute atomic E-state index is 0.0508. The van der Waals surface area contributed by atoms with Gasteiger partial charge in [0, 0.05) is 55.6 Å². The Bertz CT molecular complexity index is 1170. The van der Waals surface area contributed by atoms with E-state index in [1.54, 1.807) is 30.3 Å². The van der Waals surface area contributed by atoms with Crippen molar-refractivity contribution in [3.8, 4) is 5.75 Å². The number of hydrogen-bond donors (Lipinski definition) is 1. The molecule has 1 atom stereocenters. The third-order valence-electron chi connectivity index (χ3n) is 6.55. The molecule has 1 amide bonds. The first-order valence-electron chi connectivity index (χ1n) is 11.2. The number of halogens is 4. The Hall–Kier alpha value is -2.71. The molecule has 9 heteroatoms. The highest BCUT2D eigenvalue weighted by Crippen LogP contribution is 2.40. The summed E-state index contributed by atoms with van der Waals surface area (Å²) < 4.78 is 46.2. The highest BCUT2D eigenvalue weighted by Gasteiger charge is 2.35. The van der Waals surface area contributed by atoms with Gasteiger partial charge in [-0.2, -0.15) is 13.2 Å². The number of likely N-dealkylation sites (N-methyl/N-ethyl adjacent to an activating group) is 1. The second-order valence-electron chi connectivity index (χ2n) is 8.46. The molecule has 1 aliphatic heterocycles. The largest absolute Gasteiger partial charge is 0.497 e. The van der Waals surface area contributed by atoms with Gasteiger partial charge >= 0.3 is 6.18 Å². The number of alkyl halides is 3. The first-order valence-corrected chi connectivity index (χ1v) is 11.6.